The molecule has 0 amide bonds. The minimum Gasteiger partial charge on any atom is -0.329 e. The minimum atomic E-state index is 0.129. The highest BCUT2D eigenvalue weighted by molar-refractivity contribution is 5.02. The minimum absolute atomic E-state index is 0.129. The van der Waals surface area contributed by atoms with Crippen molar-refractivity contribution in [2.24, 2.45) is 17.1 Å². The van der Waals surface area contributed by atoms with Gasteiger partial charge in [-0.05, 0) is 43.9 Å². The zero-order chi connectivity index (χ0) is 13.6. The number of hydrogen-bond acceptors (Lipinski definition) is 2. The first kappa shape index (κ1) is 15.5. The van der Waals surface area contributed by atoms with Gasteiger partial charge in [-0.2, -0.15) is 0 Å². The van der Waals surface area contributed by atoms with E-state index in [0.29, 0.717) is 5.41 Å². The van der Waals surface area contributed by atoms with Gasteiger partial charge in [-0.15, -0.1) is 5.92 Å². The molecule has 1 rings (SSSR count). The highest BCUT2D eigenvalue weighted by atomic mass is 15.0. The van der Waals surface area contributed by atoms with Crippen molar-refractivity contribution in [1.82, 2.24) is 5.32 Å². The van der Waals surface area contributed by atoms with Crippen molar-refractivity contribution in [3.8, 4) is 11.8 Å². The lowest BCUT2D eigenvalue weighted by Gasteiger charge is -2.33. The van der Waals surface area contributed by atoms with Crippen LogP contribution in [-0.4, -0.2) is 18.6 Å². The third-order valence-electron chi connectivity index (χ3n) is 4.52. The fourth-order valence-corrected chi connectivity index (χ4v) is 3.05. The fraction of sp³-hybridized carbons (Fsp3) is 0.875. The van der Waals surface area contributed by atoms with Crippen LogP contribution in [0.3, 0.4) is 0 Å². The maximum atomic E-state index is 6.03. The molecule has 2 heteroatoms. The molecule has 1 aliphatic rings. The van der Waals surface area contributed by atoms with Crippen LogP contribution in [0.25, 0.3) is 0 Å². The summed E-state index contributed by atoms with van der Waals surface area (Å²) in [6.45, 7) is 10.5. The Balaban J connectivity index is 2.63. The molecule has 0 radical (unpaired) electrons. The van der Waals surface area contributed by atoms with E-state index in [4.69, 9.17) is 5.73 Å². The van der Waals surface area contributed by atoms with Gasteiger partial charge in [0.1, 0.15) is 0 Å². The highest BCUT2D eigenvalue weighted by Gasteiger charge is 2.34. The van der Waals surface area contributed by atoms with E-state index in [2.05, 4.69) is 37.9 Å². The topological polar surface area (TPSA) is 38.0 Å². The Bertz CT molecular complexity index is 305. The Morgan fingerprint density at radius 1 is 1.28 bits per heavy atom. The smallest absolute Gasteiger partial charge is 0.0581 e. The molecule has 0 spiro atoms. The van der Waals surface area contributed by atoms with Crippen LogP contribution >= 0.6 is 0 Å². The molecule has 2 atom stereocenters. The zero-order valence-corrected chi connectivity index (χ0v) is 12.6. The second-order valence-corrected chi connectivity index (χ2v) is 6.76. The maximum Gasteiger partial charge on any atom is 0.0581 e. The van der Waals surface area contributed by atoms with E-state index in [1.165, 1.54) is 32.1 Å². The lowest BCUT2D eigenvalue weighted by Crippen LogP contribution is -2.51. The van der Waals surface area contributed by atoms with Crippen LogP contribution in [0.15, 0.2) is 0 Å². The summed E-state index contributed by atoms with van der Waals surface area (Å²) < 4.78 is 0. The summed E-state index contributed by atoms with van der Waals surface area (Å²) in [5, 5.41) is 3.60. The molecule has 18 heavy (non-hydrogen) atoms. The van der Waals surface area contributed by atoms with Crippen LogP contribution in [0.1, 0.15) is 59.8 Å². The van der Waals surface area contributed by atoms with Gasteiger partial charge in [-0.3, -0.25) is 5.32 Å². The third kappa shape index (κ3) is 4.30. The quantitative estimate of drug-likeness (QED) is 0.597. The van der Waals surface area contributed by atoms with Crippen LogP contribution < -0.4 is 11.1 Å². The summed E-state index contributed by atoms with van der Waals surface area (Å²) in [5.41, 5.74) is 6.59. The molecular weight excluding hydrogens is 220 g/mol. The predicted octanol–water partition coefficient (Wildman–Crippen LogP) is 2.92. The Kier molecular flexibility index (Phi) is 5.69. The standard InChI is InChI=1S/C16H30N2/c1-5-6-12-18-16(13-17)10-7-8-14(9-11-16)15(2,3)4/h14,18H,7-13,17H2,1-4H3. The average molecular weight is 250 g/mol. The molecule has 2 unspecified atom stereocenters. The van der Waals surface area contributed by atoms with Crippen molar-refractivity contribution in [3.63, 3.8) is 0 Å². The van der Waals surface area contributed by atoms with Gasteiger partial charge < -0.3 is 5.73 Å². The number of nitrogens with two attached hydrogens (primary N) is 1. The summed E-state index contributed by atoms with van der Waals surface area (Å²) in [6.07, 6.45) is 6.30. The van der Waals surface area contributed by atoms with Crippen molar-refractivity contribution in [3.05, 3.63) is 0 Å². The Labute approximate surface area is 113 Å². The number of nitrogens with one attached hydrogen (secondary N) is 1. The van der Waals surface area contributed by atoms with Gasteiger partial charge >= 0.3 is 0 Å². The Morgan fingerprint density at radius 3 is 2.56 bits per heavy atom. The van der Waals surface area contributed by atoms with Gasteiger partial charge in [0.15, 0.2) is 0 Å². The van der Waals surface area contributed by atoms with Gasteiger partial charge in [-0.25, -0.2) is 0 Å². The van der Waals surface area contributed by atoms with Crippen LogP contribution in [0.2, 0.25) is 0 Å². The second kappa shape index (κ2) is 6.59. The molecule has 0 aliphatic heterocycles. The molecular formula is C16H30N2. The molecule has 0 bridgehead atoms. The summed E-state index contributed by atoms with van der Waals surface area (Å²) in [4.78, 5) is 0. The van der Waals surface area contributed by atoms with Crippen LogP contribution in [0.5, 0.6) is 0 Å². The lowest BCUT2D eigenvalue weighted by molar-refractivity contribution is 0.207. The largest absolute Gasteiger partial charge is 0.329 e. The molecule has 0 aromatic heterocycles. The van der Waals surface area contributed by atoms with Crippen LogP contribution in [0, 0.1) is 23.2 Å². The van der Waals surface area contributed by atoms with Gasteiger partial charge in [0.2, 0.25) is 0 Å². The normalized spacial score (nSPS) is 29.3. The van der Waals surface area contributed by atoms with Crippen molar-refractivity contribution in [1.29, 1.82) is 0 Å². The molecule has 1 aliphatic carbocycles. The zero-order valence-electron chi connectivity index (χ0n) is 12.6. The fourth-order valence-electron chi connectivity index (χ4n) is 3.05. The predicted molar refractivity (Wildman–Crippen MR) is 79.3 cm³/mol. The molecule has 0 saturated heterocycles. The van der Waals surface area contributed by atoms with Gasteiger partial charge in [-0.1, -0.05) is 33.1 Å². The summed E-state index contributed by atoms with van der Waals surface area (Å²) in [5.74, 6) is 6.87. The second-order valence-electron chi connectivity index (χ2n) is 6.76. The van der Waals surface area contributed by atoms with Crippen LogP contribution in [0.4, 0.5) is 0 Å². The first-order valence-electron chi connectivity index (χ1n) is 7.28. The lowest BCUT2D eigenvalue weighted by atomic mass is 9.76. The number of hydrogen-bond donors (Lipinski definition) is 2. The van der Waals surface area contributed by atoms with E-state index >= 15 is 0 Å². The molecule has 1 saturated carbocycles. The molecule has 1 fully saturated rings. The maximum absolute atomic E-state index is 6.03. The van der Waals surface area contributed by atoms with E-state index in [-0.39, 0.29) is 5.54 Å². The van der Waals surface area contributed by atoms with E-state index in [1.54, 1.807) is 0 Å². The summed E-state index contributed by atoms with van der Waals surface area (Å²) in [7, 11) is 0. The number of rotatable bonds is 3. The van der Waals surface area contributed by atoms with E-state index in [1.807, 2.05) is 6.92 Å². The Morgan fingerprint density at radius 2 is 2.00 bits per heavy atom. The van der Waals surface area contributed by atoms with Gasteiger partial charge in [0.25, 0.3) is 0 Å². The van der Waals surface area contributed by atoms with Crippen molar-refractivity contribution < 1.29 is 0 Å². The third-order valence-corrected chi connectivity index (χ3v) is 4.52. The molecule has 3 N–H and O–H groups in total. The molecule has 0 aromatic carbocycles. The van der Waals surface area contributed by atoms with Crippen molar-refractivity contribution >= 4 is 0 Å². The Hall–Kier alpha value is -0.520. The van der Waals surface area contributed by atoms with Crippen molar-refractivity contribution in [2.45, 2.75) is 65.3 Å². The molecule has 0 heterocycles. The van der Waals surface area contributed by atoms with E-state index < -0.39 is 0 Å². The SMILES string of the molecule is CC#CCNC1(CN)CCCC(C(C)(C)C)CC1. The monoisotopic (exact) mass is 250 g/mol. The van der Waals surface area contributed by atoms with E-state index in [9.17, 15) is 0 Å². The van der Waals surface area contributed by atoms with Crippen molar-refractivity contribution in [2.75, 3.05) is 13.1 Å². The average Bonchev–Trinajstić information content (AvgIpc) is 2.52. The molecule has 2 nitrogen and oxygen atoms in total. The summed E-state index contributed by atoms with van der Waals surface area (Å²) >= 11 is 0. The first-order chi connectivity index (χ1) is 8.43. The molecule has 104 valence electrons. The highest BCUT2D eigenvalue weighted by Crippen LogP contribution is 2.39. The van der Waals surface area contributed by atoms with Gasteiger partial charge in [0.05, 0.1) is 6.54 Å². The van der Waals surface area contributed by atoms with Gasteiger partial charge in [0, 0.05) is 12.1 Å². The van der Waals surface area contributed by atoms with E-state index in [0.717, 1.165) is 19.0 Å². The molecule has 0 aromatic rings. The van der Waals surface area contributed by atoms with Crippen LogP contribution in [-0.2, 0) is 0 Å². The summed E-state index contributed by atoms with van der Waals surface area (Å²) in [6, 6.07) is 0. The first-order valence-corrected chi connectivity index (χ1v) is 7.28.